The van der Waals surface area contributed by atoms with Gasteiger partial charge in [-0.05, 0) is 42.5 Å². The maximum absolute atomic E-state index is 11.4. The van der Waals surface area contributed by atoms with E-state index in [1.54, 1.807) is 24.4 Å². The molecule has 0 aliphatic rings. The highest BCUT2D eigenvalue weighted by atomic mass is 35.5. The molecule has 0 aliphatic heterocycles. The number of fused-ring (bicyclic) bond motifs is 1. The topological polar surface area (TPSA) is 100 Å². The normalized spacial score (nSPS) is 11.2. The molecular weight excluding hydrogens is 378 g/mol. The number of rotatable bonds is 3. The van der Waals surface area contributed by atoms with Crippen LogP contribution in [0.1, 0.15) is 0 Å². The average Bonchev–Trinajstić information content (AvgIpc) is 3.34. The van der Waals surface area contributed by atoms with Crippen molar-refractivity contribution in [1.29, 1.82) is 0 Å². The summed E-state index contributed by atoms with van der Waals surface area (Å²) in [6, 6.07) is 16.6. The lowest BCUT2D eigenvalue weighted by molar-refractivity contribution is 0.432. The van der Waals surface area contributed by atoms with E-state index in [0.29, 0.717) is 33.3 Å². The standard InChI is InChI=1S/C20H12ClN5O2/c21-14-6-4-11(15-3-1-2-8-22-15)9-13(14)19-25-18(26-28-19)12-5-7-16-17(10-12)24-20(27)23-16/h1-10H,(H2,23,24,27). The van der Waals surface area contributed by atoms with Gasteiger partial charge in [-0.15, -0.1) is 0 Å². The number of hydrogen-bond donors (Lipinski definition) is 2. The van der Waals surface area contributed by atoms with Gasteiger partial charge in [-0.25, -0.2) is 4.79 Å². The molecule has 0 spiro atoms. The van der Waals surface area contributed by atoms with E-state index >= 15 is 0 Å². The summed E-state index contributed by atoms with van der Waals surface area (Å²) in [7, 11) is 0. The van der Waals surface area contributed by atoms with Gasteiger partial charge in [-0.3, -0.25) is 4.98 Å². The van der Waals surface area contributed by atoms with Crippen molar-refractivity contribution < 1.29 is 4.52 Å². The molecule has 0 radical (unpaired) electrons. The summed E-state index contributed by atoms with van der Waals surface area (Å²) in [6.45, 7) is 0. The summed E-state index contributed by atoms with van der Waals surface area (Å²) in [6.07, 6.45) is 1.73. The van der Waals surface area contributed by atoms with Gasteiger partial charge in [0.05, 0.1) is 27.3 Å². The van der Waals surface area contributed by atoms with Crippen molar-refractivity contribution in [3.63, 3.8) is 0 Å². The van der Waals surface area contributed by atoms with Crippen LogP contribution >= 0.6 is 11.6 Å². The van der Waals surface area contributed by atoms with Crippen LogP contribution in [0.4, 0.5) is 0 Å². The Morgan fingerprint density at radius 2 is 1.79 bits per heavy atom. The van der Waals surface area contributed by atoms with E-state index in [1.807, 2.05) is 36.4 Å². The van der Waals surface area contributed by atoms with E-state index in [4.69, 9.17) is 16.1 Å². The van der Waals surface area contributed by atoms with E-state index in [-0.39, 0.29) is 5.69 Å². The van der Waals surface area contributed by atoms with Crippen LogP contribution in [-0.4, -0.2) is 25.1 Å². The van der Waals surface area contributed by atoms with Crippen molar-refractivity contribution >= 4 is 22.6 Å². The first-order valence-electron chi connectivity index (χ1n) is 8.45. The fraction of sp³-hybridized carbons (Fsp3) is 0. The molecule has 5 rings (SSSR count). The molecule has 3 heterocycles. The summed E-state index contributed by atoms with van der Waals surface area (Å²) in [5, 5.41) is 4.56. The predicted octanol–water partition coefficient (Wildman–Crippen LogP) is 4.29. The Morgan fingerprint density at radius 3 is 2.64 bits per heavy atom. The third-order valence-corrected chi connectivity index (χ3v) is 4.69. The van der Waals surface area contributed by atoms with Crippen LogP contribution in [0.5, 0.6) is 0 Å². The molecule has 0 fully saturated rings. The first kappa shape index (κ1) is 16.5. The Hall–Kier alpha value is -3.71. The van der Waals surface area contributed by atoms with Gasteiger partial charge in [0.15, 0.2) is 0 Å². The number of nitrogens with one attached hydrogen (secondary N) is 2. The molecule has 0 bridgehead atoms. The molecule has 136 valence electrons. The van der Waals surface area contributed by atoms with Gasteiger partial charge in [0.2, 0.25) is 5.82 Å². The molecule has 3 aromatic heterocycles. The molecule has 0 unspecified atom stereocenters. The summed E-state index contributed by atoms with van der Waals surface area (Å²) in [5.41, 5.74) is 4.18. The quantitative estimate of drug-likeness (QED) is 0.479. The lowest BCUT2D eigenvalue weighted by Crippen LogP contribution is -1.99. The number of H-pyrrole nitrogens is 2. The number of benzene rings is 2. The smallest absolute Gasteiger partial charge is 0.323 e. The SMILES string of the molecule is O=c1[nH]c2ccc(-c3noc(-c4cc(-c5ccccn5)ccc4Cl)n3)cc2[nH]1. The van der Waals surface area contributed by atoms with Crippen LogP contribution in [-0.2, 0) is 0 Å². The van der Waals surface area contributed by atoms with E-state index in [0.717, 1.165) is 16.8 Å². The molecule has 5 aromatic rings. The minimum Gasteiger partial charge on any atom is -0.334 e. The van der Waals surface area contributed by atoms with E-state index in [9.17, 15) is 4.79 Å². The van der Waals surface area contributed by atoms with Gasteiger partial charge >= 0.3 is 5.69 Å². The van der Waals surface area contributed by atoms with Crippen molar-refractivity contribution in [2.24, 2.45) is 0 Å². The Morgan fingerprint density at radius 1 is 0.929 bits per heavy atom. The number of nitrogens with zero attached hydrogens (tertiary/aromatic N) is 3. The van der Waals surface area contributed by atoms with Crippen LogP contribution in [0.25, 0.3) is 45.1 Å². The monoisotopic (exact) mass is 389 g/mol. The summed E-state index contributed by atoms with van der Waals surface area (Å²) >= 11 is 6.36. The second-order valence-corrected chi connectivity index (χ2v) is 6.58. The maximum atomic E-state index is 11.4. The molecule has 8 heteroatoms. The van der Waals surface area contributed by atoms with Crippen molar-refractivity contribution in [3.05, 3.63) is 76.3 Å². The maximum Gasteiger partial charge on any atom is 0.323 e. The third-order valence-electron chi connectivity index (χ3n) is 4.36. The predicted molar refractivity (Wildman–Crippen MR) is 106 cm³/mol. The minimum absolute atomic E-state index is 0.265. The molecule has 2 N–H and O–H groups in total. The number of aromatic nitrogens is 5. The zero-order chi connectivity index (χ0) is 19.1. The van der Waals surface area contributed by atoms with Crippen molar-refractivity contribution in [3.8, 4) is 34.1 Å². The van der Waals surface area contributed by atoms with Gasteiger partial charge in [-0.1, -0.05) is 28.9 Å². The summed E-state index contributed by atoms with van der Waals surface area (Å²) < 4.78 is 5.45. The number of aromatic amines is 2. The fourth-order valence-electron chi connectivity index (χ4n) is 3.00. The molecule has 2 aromatic carbocycles. The van der Waals surface area contributed by atoms with Crippen LogP contribution in [0.2, 0.25) is 5.02 Å². The molecule has 0 aliphatic carbocycles. The molecule has 7 nitrogen and oxygen atoms in total. The lowest BCUT2D eigenvalue weighted by atomic mass is 10.1. The molecule has 0 saturated heterocycles. The second-order valence-electron chi connectivity index (χ2n) is 6.17. The Labute approximate surface area is 163 Å². The van der Waals surface area contributed by atoms with E-state index < -0.39 is 0 Å². The Balaban J connectivity index is 1.56. The van der Waals surface area contributed by atoms with Crippen molar-refractivity contribution in [2.75, 3.05) is 0 Å². The highest BCUT2D eigenvalue weighted by Gasteiger charge is 2.15. The van der Waals surface area contributed by atoms with Crippen LogP contribution < -0.4 is 5.69 Å². The number of hydrogen-bond acceptors (Lipinski definition) is 5. The number of halogens is 1. The van der Waals surface area contributed by atoms with Gasteiger partial charge < -0.3 is 14.5 Å². The van der Waals surface area contributed by atoms with Crippen LogP contribution in [0.3, 0.4) is 0 Å². The summed E-state index contributed by atoms with van der Waals surface area (Å²) in [5.74, 6) is 0.707. The van der Waals surface area contributed by atoms with E-state index in [2.05, 4.69) is 25.1 Å². The highest BCUT2D eigenvalue weighted by Crippen LogP contribution is 2.32. The van der Waals surface area contributed by atoms with Crippen molar-refractivity contribution in [1.82, 2.24) is 25.1 Å². The first-order chi connectivity index (χ1) is 13.7. The number of imidazole rings is 1. The Kier molecular flexibility index (Phi) is 3.80. The van der Waals surface area contributed by atoms with E-state index in [1.165, 1.54) is 0 Å². The minimum atomic E-state index is -0.265. The second kappa shape index (κ2) is 6.47. The molecule has 0 saturated carbocycles. The van der Waals surface area contributed by atoms with Crippen LogP contribution in [0, 0.1) is 0 Å². The van der Waals surface area contributed by atoms with Crippen molar-refractivity contribution in [2.45, 2.75) is 0 Å². The average molecular weight is 390 g/mol. The molecule has 28 heavy (non-hydrogen) atoms. The van der Waals surface area contributed by atoms with Crippen LogP contribution in [0.15, 0.2) is 70.1 Å². The zero-order valence-electron chi connectivity index (χ0n) is 14.3. The lowest BCUT2D eigenvalue weighted by Gasteiger charge is -2.04. The largest absolute Gasteiger partial charge is 0.334 e. The Bertz CT molecular complexity index is 1350. The van der Waals surface area contributed by atoms with Gasteiger partial charge in [0, 0.05) is 17.3 Å². The van der Waals surface area contributed by atoms with Gasteiger partial charge in [-0.2, -0.15) is 4.98 Å². The van der Waals surface area contributed by atoms with Gasteiger partial charge in [0.1, 0.15) is 0 Å². The fourth-order valence-corrected chi connectivity index (χ4v) is 3.20. The molecule has 0 atom stereocenters. The number of pyridine rings is 1. The molecular formula is C20H12ClN5O2. The molecule has 0 amide bonds. The van der Waals surface area contributed by atoms with Gasteiger partial charge in [0.25, 0.3) is 5.89 Å². The third kappa shape index (κ3) is 2.87. The summed E-state index contributed by atoms with van der Waals surface area (Å²) in [4.78, 5) is 25.7. The zero-order valence-corrected chi connectivity index (χ0v) is 15.1. The first-order valence-corrected chi connectivity index (χ1v) is 8.83. The highest BCUT2D eigenvalue weighted by molar-refractivity contribution is 6.33.